The number of anilines is 2. The minimum Gasteiger partial charge on any atom is -0.488 e. The van der Waals surface area contributed by atoms with Crippen LogP contribution in [0.4, 0.5) is 10.8 Å². The molecule has 0 radical (unpaired) electrons. The molecule has 0 spiro atoms. The van der Waals surface area contributed by atoms with Gasteiger partial charge in [-0.25, -0.2) is 4.79 Å². The molecular formula is C16H16ClN5O4S. The minimum absolute atomic E-state index is 0.00458. The molecule has 0 unspecified atom stereocenters. The summed E-state index contributed by atoms with van der Waals surface area (Å²) in [7, 11) is 3.18. The highest BCUT2D eigenvalue weighted by Crippen LogP contribution is 2.32. The summed E-state index contributed by atoms with van der Waals surface area (Å²) in [6.07, 6.45) is 1.80. The van der Waals surface area contributed by atoms with Gasteiger partial charge in [-0.3, -0.25) is 10.1 Å². The highest BCUT2D eigenvalue weighted by molar-refractivity contribution is 7.18. The first kappa shape index (κ1) is 18.9. The quantitative estimate of drug-likeness (QED) is 0.643. The van der Waals surface area contributed by atoms with Crippen molar-refractivity contribution in [3.63, 3.8) is 0 Å². The predicted molar refractivity (Wildman–Crippen MR) is 103 cm³/mol. The number of hydrogen-bond donors (Lipinski definition) is 2. The molecule has 0 bridgehead atoms. The first-order chi connectivity index (χ1) is 12.9. The third kappa shape index (κ3) is 3.81. The molecule has 2 N–H and O–H groups in total. The normalized spacial score (nSPS) is 10.7. The number of ether oxygens (including phenoxy) is 1. The lowest BCUT2D eigenvalue weighted by molar-refractivity contribution is 0.0991. The minimum atomic E-state index is -0.755. The number of aromatic nitrogens is 3. The lowest BCUT2D eigenvalue weighted by Gasteiger charge is -2.09. The Bertz CT molecular complexity index is 1020. The Morgan fingerprint density at radius 1 is 1.44 bits per heavy atom. The average molecular weight is 410 g/mol. The van der Waals surface area contributed by atoms with Crippen LogP contribution in [-0.2, 0) is 7.05 Å². The standard InChI is InChI=1S/C16H16ClN5O4S/c1-4-18-9-7-10(26-15(24)12(9)25-3)13(23)19-16-21-20-14(27-16)11-8(17)5-6-22(11)2/h5-7,18H,4H2,1-3H3,(H,19,21,23). The van der Waals surface area contributed by atoms with Crippen molar-refractivity contribution >= 4 is 39.7 Å². The van der Waals surface area contributed by atoms with Crippen molar-refractivity contribution in [1.82, 2.24) is 14.8 Å². The number of nitrogens with one attached hydrogen (secondary N) is 2. The molecule has 0 fully saturated rings. The molecule has 27 heavy (non-hydrogen) atoms. The van der Waals surface area contributed by atoms with E-state index < -0.39 is 11.5 Å². The van der Waals surface area contributed by atoms with Gasteiger partial charge in [-0.2, -0.15) is 0 Å². The molecule has 11 heteroatoms. The van der Waals surface area contributed by atoms with E-state index in [4.69, 9.17) is 20.8 Å². The third-order valence-corrected chi connectivity index (χ3v) is 4.73. The molecule has 9 nitrogen and oxygen atoms in total. The lowest BCUT2D eigenvalue weighted by Crippen LogP contribution is -2.17. The molecule has 0 aliphatic carbocycles. The number of rotatable bonds is 6. The predicted octanol–water partition coefficient (Wildman–Crippen LogP) is 2.84. The zero-order chi connectivity index (χ0) is 19.6. The second-order valence-electron chi connectivity index (χ2n) is 5.37. The van der Waals surface area contributed by atoms with E-state index >= 15 is 0 Å². The number of hydrogen-bond acceptors (Lipinski definition) is 8. The van der Waals surface area contributed by atoms with E-state index in [-0.39, 0.29) is 16.6 Å². The number of nitrogens with zero attached hydrogens (tertiary/aromatic N) is 3. The maximum atomic E-state index is 12.4. The van der Waals surface area contributed by atoms with Gasteiger partial charge in [-0.15, -0.1) is 10.2 Å². The van der Waals surface area contributed by atoms with Gasteiger partial charge in [-0.1, -0.05) is 22.9 Å². The summed E-state index contributed by atoms with van der Waals surface area (Å²) < 4.78 is 11.9. The van der Waals surface area contributed by atoms with Crippen molar-refractivity contribution in [1.29, 1.82) is 0 Å². The molecule has 1 amide bonds. The summed E-state index contributed by atoms with van der Waals surface area (Å²) in [4.78, 5) is 24.5. The van der Waals surface area contributed by atoms with Gasteiger partial charge < -0.3 is 19.0 Å². The van der Waals surface area contributed by atoms with E-state index in [9.17, 15) is 9.59 Å². The fourth-order valence-corrected chi connectivity index (χ4v) is 3.57. The van der Waals surface area contributed by atoms with Gasteiger partial charge in [0.1, 0.15) is 0 Å². The Hall–Kier alpha value is -2.85. The maximum Gasteiger partial charge on any atom is 0.381 e. The van der Waals surface area contributed by atoms with Crippen molar-refractivity contribution in [2.24, 2.45) is 7.05 Å². The first-order valence-electron chi connectivity index (χ1n) is 7.86. The smallest absolute Gasteiger partial charge is 0.381 e. The van der Waals surface area contributed by atoms with E-state index in [0.717, 1.165) is 11.3 Å². The fourth-order valence-electron chi connectivity index (χ4n) is 2.39. The molecule has 3 aromatic rings. The van der Waals surface area contributed by atoms with Crippen molar-refractivity contribution in [3.8, 4) is 16.5 Å². The molecular weight excluding hydrogens is 394 g/mol. The Labute approximate surface area is 162 Å². The Kier molecular flexibility index (Phi) is 5.47. The second kappa shape index (κ2) is 7.80. The molecule has 0 aliphatic rings. The number of aryl methyl sites for hydroxylation is 1. The molecule has 3 aromatic heterocycles. The molecule has 0 aliphatic heterocycles. The Morgan fingerprint density at radius 3 is 2.85 bits per heavy atom. The summed E-state index contributed by atoms with van der Waals surface area (Å²) >= 11 is 7.29. The van der Waals surface area contributed by atoms with Crippen molar-refractivity contribution in [2.75, 3.05) is 24.3 Å². The number of halogens is 1. The van der Waals surface area contributed by atoms with Crippen LogP contribution in [0.25, 0.3) is 10.7 Å². The Balaban J connectivity index is 1.85. The van der Waals surface area contributed by atoms with Gasteiger partial charge >= 0.3 is 5.63 Å². The molecule has 0 saturated carbocycles. The third-order valence-electron chi connectivity index (χ3n) is 3.57. The largest absolute Gasteiger partial charge is 0.488 e. The molecule has 0 saturated heterocycles. The average Bonchev–Trinajstić information content (AvgIpc) is 3.21. The summed E-state index contributed by atoms with van der Waals surface area (Å²) in [5.41, 5.74) is 0.310. The van der Waals surface area contributed by atoms with Crippen LogP contribution in [-0.4, -0.2) is 34.3 Å². The highest BCUT2D eigenvalue weighted by Gasteiger charge is 2.19. The number of carbonyl (C=O) groups excluding carboxylic acids is 1. The van der Waals surface area contributed by atoms with E-state index in [0.29, 0.717) is 28.0 Å². The van der Waals surface area contributed by atoms with Crippen LogP contribution in [0.3, 0.4) is 0 Å². The van der Waals surface area contributed by atoms with Crippen LogP contribution < -0.4 is 21.0 Å². The Morgan fingerprint density at radius 2 is 2.22 bits per heavy atom. The van der Waals surface area contributed by atoms with Crippen molar-refractivity contribution < 1.29 is 13.9 Å². The number of amides is 1. The van der Waals surface area contributed by atoms with Crippen LogP contribution in [0, 0.1) is 0 Å². The van der Waals surface area contributed by atoms with E-state index in [1.807, 2.05) is 14.0 Å². The monoisotopic (exact) mass is 409 g/mol. The zero-order valence-electron chi connectivity index (χ0n) is 14.7. The van der Waals surface area contributed by atoms with Crippen LogP contribution >= 0.6 is 22.9 Å². The SMILES string of the molecule is CCNc1cc(C(=O)Nc2nnc(-c3c(Cl)ccn3C)s2)oc(=O)c1OC. The summed E-state index contributed by atoms with van der Waals surface area (Å²) in [6, 6.07) is 3.14. The number of carbonyl (C=O) groups is 1. The van der Waals surface area contributed by atoms with Crippen LogP contribution in [0.5, 0.6) is 5.75 Å². The van der Waals surface area contributed by atoms with E-state index in [1.54, 1.807) is 16.8 Å². The lowest BCUT2D eigenvalue weighted by atomic mass is 10.3. The summed E-state index contributed by atoms with van der Waals surface area (Å²) in [5.74, 6) is -0.801. The highest BCUT2D eigenvalue weighted by atomic mass is 35.5. The maximum absolute atomic E-state index is 12.4. The number of methoxy groups -OCH3 is 1. The second-order valence-corrected chi connectivity index (χ2v) is 6.75. The van der Waals surface area contributed by atoms with Crippen LogP contribution in [0.2, 0.25) is 5.02 Å². The molecule has 3 rings (SSSR count). The van der Waals surface area contributed by atoms with Crippen molar-refractivity contribution in [2.45, 2.75) is 6.92 Å². The molecule has 0 atom stereocenters. The zero-order valence-corrected chi connectivity index (χ0v) is 16.3. The molecule has 0 aromatic carbocycles. The van der Waals surface area contributed by atoms with E-state index in [2.05, 4.69) is 20.8 Å². The van der Waals surface area contributed by atoms with Crippen LogP contribution in [0.15, 0.2) is 27.5 Å². The molecule has 142 valence electrons. The summed E-state index contributed by atoms with van der Waals surface area (Å²) in [5, 5.41) is 14.8. The van der Waals surface area contributed by atoms with E-state index in [1.165, 1.54) is 13.2 Å². The van der Waals surface area contributed by atoms with Gasteiger partial charge in [0.05, 0.1) is 23.5 Å². The molecule has 3 heterocycles. The topological polar surface area (TPSA) is 111 Å². The van der Waals surface area contributed by atoms with Crippen molar-refractivity contribution in [3.05, 3.63) is 39.5 Å². The van der Waals surface area contributed by atoms with Gasteiger partial charge in [0.15, 0.2) is 10.8 Å². The van der Waals surface area contributed by atoms with Gasteiger partial charge in [0.2, 0.25) is 10.9 Å². The van der Waals surface area contributed by atoms with Gasteiger partial charge in [-0.05, 0) is 13.0 Å². The summed E-state index contributed by atoms with van der Waals surface area (Å²) in [6.45, 7) is 2.39. The van der Waals surface area contributed by atoms with Gasteiger partial charge in [0.25, 0.3) is 5.91 Å². The van der Waals surface area contributed by atoms with Gasteiger partial charge in [0, 0.05) is 25.9 Å². The van der Waals surface area contributed by atoms with Crippen LogP contribution in [0.1, 0.15) is 17.5 Å². The first-order valence-corrected chi connectivity index (χ1v) is 9.06. The fraction of sp³-hybridized carbons (Fsp3) is 0.250.